The lowest BCUT2D eigenvalue weighted by Gasteiger charge is -2.19. The van der Waals surface area contributed by atoms with Crippen molar-refractivity contribution >= 4 is 0 Å². The van der Waals surface area contributed by atoms with Crippen LogP contribution in [-0.4, -0.2) is 15.0 Å². The molecular weight excluding hydrogens is 178 g/mol. The van der Waals surface area contributed by atoms with Crippen LogP contribution >= 0.6 is 0 Å². The molecule has 5 heteroatoms. The Balaban J connectivity index is 3.21. The normalized spacial score (nSPS) is 11.4. The third-order valence-corrected chi connectivity index (χ3v) is 1.93. The first-order valence-electron chi connectivity index (χ1n) is 4.50. The molecule has 0 saturated carbocycles. The third-order valence-electron chi connectivity index (χ3n) is 1.93. The average molecular weight is 193 g/mol. The lowest BCUT2D eigenvalue weighted by Crippen LogP contribution is -2.21. The van der Waals surface area contributed by atoms with Gasteiger partial charge in [-0.2, -0.15) is 5.26 Å². The molecule has 2 N–H and O–H groups in total. The second-order valence-electron chi connectivity index (χ2n) is 4.15. The summed E-state index contributed by atoms with van der Waals surface area (Å²) in [4.78, 5) is 0. The zero-order valence-corrected chi connectivity index (χ0v) is 8.78. The van der Waals surface area contributed by atoms with Crippen LogP contribution in [0.1, 0.15) is 32.2 Å². The Morgan fingerprint density at radius 2 is 2.14 bits per heavy atom. The molecule has 0 aliphatic rings. The Hall–Kier alpha value is -1.41. The molecule has 14 heavy (non-hydrogen) atoms. The number of hydrogen-bond acceptors (Lipinski definition) is 4. The van der Waals surface area contributed by atoms with Crippen molar-refractivity contribution in [2.75, 3.05) is 0 Å². The molecule has 0 amide bonds. The molecule has 0 bridgehead atoms. The summed E-state index contributed by atoms with van der Waals surface area (Å²) in [6.07, 6.45) is 0. The highest BCUT2D eigenvalue weighted by atomic mass is 15.4. The van der Waals surface area contributed by atoms with Crippen LogP contribution in [0.3, 0.4) is 0 Å². The van der Waals surface area contributed by atoms with Gasteiger partial charge in [0.1, 0.15) is 12.2 Å². The van der Waals surface area contributed by atoms with Gasteiger partial charge in [0.05, 0.1) is 11.8 Å². The summed E-state index contributed by atoms with van der Waals surface area (Å²) in [5, 5.41) is 16.5. The Morgan fingerprint density at radius 3 is 2.57 bits per heavy atom. The van der Waals surface area contributed by atoms with Crippen molar-refractivity contribution in [1.29, 1.82) is 5.26 Å². The maximum Gasteiger partial charge on any atom is 0.130 e. The van der Waals surface area contributed by atoms with Crippen molar-refractivity contribution in [3.05, 3.63) is 11.4 Å². The van der Waals surface area contributed by atoms with Crippen LogP contribution in [0.2, 0.25) is 0 Å². The van der Waals surface area contributed by atoms with E-state index >= 15 is 0 Å². The summed E-state index contributed by atoms with van der Waals surface area (Å²) in [6, 6.07) is 2.05. The van der Waals surface area contributed by atoms with Crippen LogP contribution in [0, 0.1) is 11.3 Å². The minimum Gasteiger partial charge on any atom is -0.325 e. The minimum atomic E-state index is -0.0882. The standard InChI is InChI=1S/C9H15N5/c1-9(2,3)8-7(6-11)12-13-14(8)5-4-10/h5-6,11H2,1-3H3. The van der Waals surface area contributed by atoms with E-state index in [1.807, 2.05) is 0 Å². The molecule has 1 aromatic heterocycles. The molecule has 0 aromatic carbocycles. The molecule has 0 fully saturated rings. The van der Waals surface area contributed by atoms with Gasteiger partial charge >= 0.3 is 0 Å². The Morgan fingerprint density at radius 1 is 1.50 bits per heavy atom. The summed E-state index contributed by atoms with van der Waals surface area (Å²) in [5.74, 6) is 0. The highest BCUT2D eigenvalue weighted by molar-refractivity contribution is 5.19. The van der Waals surface area contributed by atoms with Gasteiger partial charge in [0.25, 0.3) is 0 Å². The first-order chi connectivity index (χ1) is 6.50. The van der Waals surface area contributed by atoms with E-state index in [1.165, 1.54) is 0 Å². The molecule has 0 radical (unpaired) electrons. The number of nitriles is 1. The number of nitrogens with zero attached hydrogens (tertiary/aromatic N) is 4. The van der Waals surface area contributed by atoms with Crippen molar-refractivity contribution in [3.63, 3.8) is 0 Å². The highest BCUT2D eigenvalue weighted by Gasteiger charge is 2.24. The van der Waals surface area contributed by atoms with Gasteiger partial charge in [-0.25, -0.2) is 4.68 Å². The smallest absolute Gasteiger partial charge is 0.130 e. The van der Waals surface area contributed by atoms with Gasteiger partial charge in [-0.3, -0.25) is 0 Å². The molecule has 0 saturated heterocycles. The van der Waals surface area contributed by atoms with E-state index in [2.05, 4.69) is 37.2 Å². The summed E-state index contributed by atoms with van der Waals surface area (Å²) in [5.41, 5.74) is 7.19. The van der Waals surface area contributed by atoms with Gasteiger partial charge < -0.3 is 5.73 Å². The van der Waals surface area contributed by atoms with Gasteiger partial charge in [0.2, 0.25) is 0 Å². The maximum absolute atomic E-state index is 8.62. The Labute approximate surface area is 83.5 Å². The topological polar surface area (TPSA) is 80.5 Å². The SMILES string of the molecule is CC(C)(C)c1c(CN)nnn1CC#N. The third kappa shape index (κ3) is 1.91. The van der Waals surface area contributed by atoms with E-state index < -0.39 is 0 Å². The fourth-order valence-electron chi connectivity index (χ4n) is 1.48. The first kappa shape index (κ1) is 10.7. The monoisotopic (exact) mass is 193 g/mol. The fourth-order valence-corrected chi connectivity index (χ4v) is 1.48. The molecule has 0 unspecified atom stereocenters. The zero-order valence-electron chi connectivity index (χ0n) is 8.78. The Kier molecular flexibility index (Phi) is 2.87. The van der Waals surface area contributed by atoms with E-state index in [-0.39, 0.29) is 12.0 Å². The summed E-state index contributed by atoms with van der Waals surface area (Å²) in [6.45, 7) is 6.74. The summed E-state index contributed by atoms with van der Waals surface area (Å²) >= 11 is 0. The first-order valence-corrected chi connectivity index (χ1v) is 4.50. The van der Waals surface area contributed by atoms with Gasteiger partial charge in [0, 0.05) is 12.0 Å². The van der Waals surface area contributed by atoms with E-state index in [9.17, 15) is 0 Å². The van der Waals surface area contributed by atoms with E-state index in [1.54, 1.807) is 4.68 Å². The number of rotatable bonds is 2. The predicted octanol–water partition coefficient (Wildman–Crippen LogP) is 0.558. The fraction of sp³-hybridized carbons (Fsp3) is 0.667. The van der Waals surface area contributed by atoms with Gasteiger partial charge in [-0.15, -0.1) is 5.10 Å². The quantitative estimate of drug-likeness (QED) is 0.744. The van der Waals surface area contributed by atoms with E-state index in [0.29, 0.717) is 6.54 Å². The van der Waals surface area contributed by atoms with Crippen molar-refractivity contribution in [2.45, 2.75) is 39.3 Å². The largest absolute Gasteiger partial charge is 0.325 e. The van der Waals surface area contributed by atoms with Crippen LogP contribution in [0.25, 0.3) is 0 Å². The predicted molar refractivity (Wildman–Crippen MR) is 52.2 cm³/mol. The number of aromatic nitrogens is 3. The average Bonchev–Trinajstić information content (AvgIpc) is 2.47. The molecule has 5 nitrogen and oxygen atoms in total. The van der Waals surface area contributed by atoms with Crippen LogP contribution in [0.5, 0.6) is 0 Å². The molecule has 1 rings (SSSR count). The molecule has 0 aliphatic carbocycles. The van der Waals surface area contributed by atoms with E-state index in [4.69, 9.17) is 11.0 Å². The van der Waals surface area contributed by atoms with E-state index in [0.717, 1.165) is 11.4 Å². The van der Waals surface area contributed by atoms with Crippen molar-refractivity contribution < 1.29 is 0 Å². The van der Waals surface area contributed by atoms with Crippen molar-refractivity contribution in [2.24, 2.45) is 5.73 Å². The van der Waals surface area contributed by atoms with Crippen LogP contribution in [0.4, 0.5) is 0 Å². The molecule has 0 spiro atoms. The summed E-state index contributed by atoms with van der Waals surface area (Å²) in [7, 11) is 0. The number of hydrogen-bond donors (Lipinski definition) is 1. The minimum absolute atomic E-state index is 0.0882. The van der Waals surface area contributed by atoms with Gasteiger partial charge in [-0.1, -0.05) is 26.0 Å². The van der Waals surface area contributed by atoms with Crippen LogP contribution < -0.4 is 5.73 Å². The zero-order chi connectivity index (χ0) is 10.8. The molecule has 1 heterocycles. The molecular formula is C9H15N5. The highest BCUT2D eigenvalue weighted by Crippen LogP contribution is 2.24. The molecule has 0 aliphatic heterocycles. The second kappa shape index (κ2) is 3.76. The molecule has 76 valence electrons. The van der Waals surface area contributed by atoms with Crippen LogP contribution in [-0.2, 0) is 18.5 Å². The summed E-state index contributed by atoms with van der Waals surface area (Å²) < 4.78 is 1.61. The Bertz CT molecular complexity index is 352. The second-order valence-corrected chi connectivity index (χ2v) is 4.15. The van der Waals surface area contributed by atoms with Gasteiger partial charge in [-0.05, 0) is 0 Å². The number of nitrogens with two attached hydrogens (primary N) is 1. The van der Waals surface area contributed by atoms with Crippen molar-refractivity contribution in [3.8, 4) is 6.07 Å². The van der Waals surface area contributed by atoms with Crippen molar-refractivity contribution in [1.82, 2.24) is 15.0 Å². The van der Waals surface area contributed by atoms with Gasteiger partial charge in [0.15, 0.2) is 0 Å². The maximum atomic E-state index is 8.62. The molecule has 0 atom stereocenters. The lowest BCUT2D eigenvalue weighted by molar-refractivity contribution is 0.504. The lowest BCUT2D eigenvalue weighted by atomic mass is 9.90. The molecule has 1 aromatic rings. The van der Waals surface area contributed by atoms with Crippen LogP contribution in [0.15, 0.2) is 0 Å².